The topological polar surface area (TPSA) is 79.3 Å². The third-order valence-electron chi connectivity index (χ3n) is 3.35. The molecule has 3 amide bonds. The molecule has 2 rings (SSSR count). The number of hydrogen-bond donors (Lipinski definition) is 2. The summed E-state index contributed by atoms with van der Waals surface area (Å²) in [6.45, 7) is 1.98. The van der Waals surface area contributed by atoms with Gasteiger partial charge in [0.1, 0.15) is 6.54 Å². The quantitative estimate of drug-likeness (QED) is 0.886. The van der Waals surface area contributed by atoms with Crippen LogP contribution in [0.4, 0.5) is 16.3 Å². The molecule has 0 radical (unpaired) electrons. The second kappa shape index (κ2) is 7.44. The Balaban J connectivity index is 1.90. The van der Waals surface area contributed by atoms with Gasteiger partial charge in [-0.15, -0.1) is 0 Å². The van der Waals surface area contributed by atoms with Gasteiger partial charge in [-0.25, -0.2) is 4.79 Å². The van der Waals surface area contributed by atoms with Crippen molar-refractivity contribution in [1.29, 1.82) is 0 Å². The fourth-order valence-electron chi connectivity index (χ4n) is 2.11. The number of amides is 3. The van der Waals surface area contributed by atoms with E-state index >= 15 is 0 Å². The number of aryl methyl sites for hydroxylation is 2. The van der Waals surface area contributed by atoms with E-state index in [9.17, 15) is 9.59 Å². The molecule has 1 aromatic carbocycles. The van der Waals surface area contributed by atoms with E-state index in [-0.39, 0.29) is 18.5 Å². The Kier molecular flexibility index (Phi) is 5.35. The Morgan fingerprint density at radius 3 is 2.61 bits per heavy atom. The number of benzene rings is 1. The Bertz CT molecular complexity index is 695. The molecule has 2 N–H and O–H groups in total. The van der Waals surface area contributed by atoms with Crippen LogP contribution in [0, 0.1) is 0 Å². The van der Waals surface area contributed by atoms with Gasteiger partial charge in [0, 0.05) is 32.0 Å². The summed E-state index contributed by atoms with van der Waals surface area (Å²) in [6.07, 6.45) is 2.55. The molecule has 1 aromatic heterocycles. The van der Waals surface area contributed by atoms with Gasteiger partial charge in [-0.3, -0.25) is 14.8 Å². The lowest BCUT2D eigenvalue weighted by Gasteiger charge is -2.17. The average molecular weight is 315 g/mol. The molecule has 7 nitrogen and oxygen atoms in total. The maximum Gasteiger partial charge on any atom is 0.323 e. The first kappa shape index (κ1) is 16.5. The summed E-state index contributed by atoms with van der Waals surface area (Å²) < 4.78 is 1.59. The molecule has 0 atom stereocenters. The summed E-state index contributed by atoms with van der Waals surface area (Å²) in [7, 11) is 3.32. The van der Waals surface area contributed by atoms with Gasteiger partial charge in [-0.05, 0) is 18.1 Å². The molecule has 122 valence electrons. The highest BCUT2D eigenvalue weighted by Crippen LogP contribution is 2.15. The Morgan fingerprint density at radius 1 is 1.22 bits per heavy atom. The molecule has 2 aromatic rings. The summed E-state index contributed by atoms with van der Waals surface area (Å²) >= 11 is 0. The molecule has 0 fully saturated rings. The second-order valence-corrected chi connectivity index (χ2v) is 5.22. The third kappa shape index (κ3) is 4.57. The van der Waals surface area contributed by atoms with Gasteiger partial charge >= 0.3 is 6.03 Å². The van der Waals surface area contributed by atoms with Crippen LogP contribution in [0.5, 0.6) is 0 Å². The fraction of sp³-hybridized carbons (Fsp3) is 0.312. The first-order chi connectivity index (χ1) is 11.0. The minimum absolute atomic E-state index is 0.0449. The smallest absolute Gasteiger partial charge is 0.323 e. The molecule has 0 bridgehead atoms. The van der Waals surface area contributed by atoms with Gasteiger partial charge in [-0.2, -0.15) is 5.10 Å². The zero-order valence-corrected chi connectivity index (χ0v) is 13.5. The van der Waals surface area contributed by atoms with Gasteiger partial charge in [0.25, 0.3) is 0 Å². The van der Waals surface area contributed by atoms with Crippen LogP contribution in [-0.2, 0) is 18.3 Å². The number of nitrogens with one attached hydrogen (secondary N) is 2. The van der Waals surface area contributed by atoms with E-state index in [1.807, 2.05) is 31.2 Å². The maximum atomic E-state index is 12.1. The number of urea groups is 1. The van der Waals surface area contributed by atoms with Crippen molar-refractivity contribution in [3.05, 3.63) is 42.1 Å². The number of rotatable bonds is 5. The van der Waals surface area contributed by atoms with E-state index in [1.165, 1.54) is 4.90 Å². The van der Waals surface area contributed by atoms with Gasteiger partial charge in [-0.1, -0.05) is 25.1 Å². The molecule has 23 heavy (non-hydrogen) atoms. The number of nitrogens with zero attached hydrogens (tertiary/aromatic N) is 3. The monoisotopic (exact) mass is 315 g/mol. The predicted octanol–water partition coefficient (Wildman–Crippen LogP) is 2.08. The van der Waals surface area contributed by atoms with Gasteiger partial charge < -0.3 is 10.2 Å². The van der Waals surface area contributed by atoms with Crippen molar-refractivity contribution in [3.63, 3.8) is 0 Å². The zero-order chi connectivity index (χ0) is 16.8. The van der Waals surface area contributed by atoms with Crippen LogP contribution in [0.1, 0.15) is 12.5 Å². The van der Waals surface area contributed by atoms with Gasteiger partial charge in [0.2, 0.25) is 5.91 Å². The molecule has 0 saturated heterocycles. The van der Waals surface area contributed by atoms with E-state index in [2.05, 4.69) is 15.7 Å². The second-order valence-electron chi connectivity index (χ2n) is 5.22. The first-order valence-electron chi connectivity index (χ1n) is 7.39. The lowest BCUT2D eigenvalue weighted by atomic mass is 10.1. The van der Waals surface area contributed by atoms with Crippen LogP contribution < -0.4 is 10.6 Å². The number of carbonyl (C=O) groups excluding carboxylic acids is 2. The Labute approximate surface area is 135 Å². The van der Waals surface area contributed by atoms with Crippen LogP contribution in [0.2, 0.25) is 0 Å². The van der Waals surface area contributed by atoms with E-state index < -0.39 is 0 Å². The van der Waals surface area contributed by atoms with E-state index in [1.54, 1.807) is 31.0 Å². The van der Waals surface area contributed by atoms with Crippen LogP contribution in [0.3, 0.4) is 0 Å². The van der Waals surface area contributed by atoms with Crippen LogP contribution in [-0.4, -0.2) is 40.2 Å². The molecule has 7 heteroatoms. The normalized spacial score (nSPS) is 10.2. The van der Waals surface area contributed by atoms with Crippen LogP contribution >= 0.6 is 0 Å². The lowest BCUT2D eigenvalue weighted by Crippen LogP contribution is -2.37. The maximum absolute atomic E-state index is 12.1. The number of carbonyl (C=O) groups is 2. The Morgan fingerprint density at radius 2 is 1.96 bits per heavy atom. The van der Waals surface area contributed by atoms with Crippen LogP contribution in [0.25, 0.3) is 0 Å². The van der Waals surface area contributed by atoms with Crippen molar-refractivity contribution in [1.82, 2.24) is 14.7 Å². The van der Waals surface area contributed by atoms with E-state index in [0.717, 1.165) is 17.7 Å². The van der Waals surface area contributed by atoms with Crippen molar-refractivity contribution in [2.75, 3.05) is 24.2 Å². The number of hydrogen-bond acceptors (Lipinski definition) is 3. The average Bonchev–Trinajstić information content (AvgIpc) is 2.92. The van der Waals surface area contributed by atoms with Gasteiger partial charge in [0.05, 0.1) is 0 Å². The minimum atomic E-state index is -0.386. The van der Waals surface area contributed by atoms with E-state index in [4.69, 9.17) is 0 Å². The minimum Gasteiger partial charge on any atom is -0.324 e. The molecular formula is C16H21N5O2. The molecular weight excluding hydrogens is 294 g/mol. The lowest BCUT2D eigenvalue weighted by molar-refractivity contribution is -0.116. The van der Waals surface area contributed by atoms with Crippen molar-refractivity contribution < 1.29 is 9.59 Å². The highest BCUT2D eigenvalue weighted by molar-refractivity contribution is 5.97. The summed E-state index contributed by atoms with van der Waals surface area (Å²) in [4.78, 5) is 25.4. The number of para-hydroxylation sites is 1. The number of anilines is 2. The van der Waals surface area contributed by atoms with Crippen molar-refractivity contribution >= 4 is 23.4 Å². The fourth-order valence-corrected chi connectivity index (χ4v) is 2.11. The van der Waals surface area contributed by atoms with Gasteiger partial charge in [0.15, 0.2) is 5.82 Å². The highest BCUT2D eigenvalue weighted by Gasteiger charge is 2.14. The highest BCUT2D eigenvalue weighted by atomic mass is 16.2. The van der Waals surface area contributed by atoms with Crippen molar-refractivity contribution in [2.45, 2.75) is 13.3 Å². The number of aromatic nitrogens is 2. The summed E-state index contributed by atoms with van der Waals surface area (Å²) in [5.74, 6) is 0.200. The zero-order valence-electron chi connectivity index (χ0n) is 13.5. The molecule has 0 saturated carbocycles. The SMILES string of the molecule is CCc1ccccc1NC(=O)CN(C)C(=O)Nc1ccn(C)n1. The predicted molar refractivity (Wildman–Crippen MR) is 89.3 cm³/mol. The largest absolute Gasteiger partial charge is 0.324 e. The molecule has 0 unspecified atom stereocenters. The molecule has 0 aliphatic carbocycles. The van der Waals surface area contributed by atoms with E-state index in [0.29, 0.717) is 5.82 Å². The molecule has 0 spiro atoms. The number of likely N-dealkylation sites (N-methyl/N-ethyl adjacent to an activating group) is 1. The standard InChI is InChI=1S/C16H21N5O2/c1-4-12-7-5-6-8-13(12)17-15(22)11-20(2)16(23)18-14-9-10-21(3)19-14/h5-10H,4,11H2,1-3H3,(H,17,22)(H,18,19,23). The molecule has 0 aliphatic rings. The molecule has 1 heterocycles. The summed E-state index contributed by atoms with van der Waals surface area (Å²) in [5, 5.41) is 9.52. The summed E-state index contributed by atoms with van der Waals surface area (Å²) in [5.41, 5.74) is 1.83. The van der Waals surface area contributed by atoms with Crippen LogP contribution in [0.15, 0.2) is 36.5 Å². The Hall–Kier alpha value is -2.83. The molecule has 0 aliphatic heterocycles. The van der Waals surface area contributed by atoms with Crippen molar-refractivity contribution in [3.8, 4) is 0 Å². The van der Waals surface area contributed by atoms with Crippen molar-refractivity contribution in [2.24, 2.45) is 7.05 Å². The third-order valence-corrected chi connectivity index (χ3v) is 3.35. The summed E-state index contributed by atoms with van der Waals surface area (Å²) in [6, 6.07) is 8.91. The first-order valence-corrected chi connectivity index (χ1v) is 7.39.